The van der Waals surface area contributed by atoms with Crippen LogP contribution in [0.5, 0.6) is 0 Å². The van der Waals surface area contributed by atoms with Crippen LogP contribution in [0.3, 0.4) is 0 Å². The number of aliphatic hydroxyl groups is 1. The average Bonchev–Trinajstić information content (AvgIpc) is 2.62. The van der Waals surface area contributed by atoms with Gasteiger partial charge in [0.15, 0.2) is 0 Å². The first kappa shape index (κ1) is 12.4. The molecule has 0 radical (unpaired) electrons. The molecule has 2 aromatic rings. The van der Waals surface area contributed by atoms with Crippen LogP contribution < -0.4 is 0 Å². The van der Waals surface area contributed by atoms with E-state index in [2.05, 4.69) is 45.4 Å². The second kappa shape index (κ2) is 4.19. The third-order valence-corrected chi connectivity index (χ3v) is 3.61. The van der Waals surface area contributed by atoms with E-state index in [0.29, 0.717) is 0 Å². The Kier molecular flexibility index (Phi) is 2.73. The van der Waals surface area contributed by atoms with Gasteiger partial charge < -0.3 is 9.59 Å². The van der Waals surface area contributed by atoms with Crippen molar-refractivity contribution in [1.82, 2.24) is 0 Å². The lowest BCUT2D eigenvalue weighted by molar-refractivity contribution is -0.884. The summed E-state index contributed by atoms with van der Waals surface area (Å²) in [5.74, 6) is 0. The van der Waals surface area contributed by atoms with E-state index in [4.69, 9.17) is 0 Å². The zero-order valence-electron chi connectivity index (χ0n) is 11.7. The number of hydrogen-bond donors (Lipinski definition) is 1. The summed E-state index contributed by atoms with van der Waals surface area (Å²) in [7, 11) is 6.54. The standard InChI is InChI=1S/C17H20NO/c1-18(2,3)11-12-8-9-14-13-6-4-5-7-15(13)17(19)16(14)10-12/h4-10,17,19H,11H2,1-3H3/q+1. The molecule has 2 nitrogen and oxygen atoms in total. The Bertz CT molecular complexity index is 625. The minimum absolute atomic E-state index is 0.474. The van der Waals surface area contributed by atoms with Crippen LogP contribution in [-0.4, -0.2) is 30.7 Å². The molecule has 0 heterocycles. The molecule has 0 bridgehead atoms. The lowest BCUT2D eigenvalue weighted by Gasteiger charge is -2.24. The molecule has 98 valence electrons. The maximum atomic E-state index is 10.5. The SMILES string of the molecule is C[N+](C)(C)Cc1ccc2c(c1)C(O)c1ccccc1-2. The lowest BCUT2D eigenvalue weighted by atomic mass is 10.0. The molecular formula is C17H20NO+. The van der Waals surface area contributed by atoms with Gasteiger partial charge in [-0.2, -0.15) is 0 Å². The number of benzene rings is 2. The minimum Gasteiger partial charge on any atom is -0.384 e. The van der Waals surface area contributed by atoms with Gasteiger partial charge in [0.1, 0.15) is 12.6 Å². The highest BCUT2D eigenvalue weighted by Gasteiger charge is 2.27. The largest absolute Gasteiger partial charge is 0.384 e. The number of aliphatic hydroxyl groups excluding tert-OH is 1. The van der Waals surface area contributed by atoms with Crippen LogP contribution in [0.15, 0.2) is 42.5 Å². The van der Waals surface area contributed by atoms with E-state index in [1.807, 2.05) is 18.2 Å². The van der Waals surface area contributed by atoms with Gasteiger partial charge in [0.2, 0.25) is 0 Å². The number of nitrogens with zero attached hydrogens (tertiary/aromatic N) is 1. The normalized spacial score (nSPS) is 17.2. The molecule has 3 rings (SSSR count). The topological polar surface area (TPSA) is 20.2 Å². The average molecular weight is 254 g/mol. The zero-order valence-corrected chi connectivity index (χ0v) is 11.7. The van der Waals surface area contributed by atoms with Crippen molar-refractivity contribution in [3.05, 3.63) is 59.2 Å². The summed E-state index contributed by atoms with van der Waals surface area (Å²) >= 11 is 0. The van der Waals surface area contributed by atoms with Gasteiger partial charge >= 0.3 is 0 Å². The molecule has 1 atom stereocenters. The van der Waals surface area contributed by atoms with E-state index in [-0.39, 0.29) is 0 Å². The van der Waals surface area contributed by atoms with Crippen molar-refractivity contribution >= 4 is 0 Å². The predicted molar refractivity (Wildman–Crippen MR) is 77.7 cm³/mol. The van der Waals surface area contributed by atoms with Gasteiger partial charge in [-0.15, -0.1) is 0 Å². The van der Waals surface area contributed by atoms with E-state index in [9.17, 15) is 5.11 Å². The number of fused-ring (bicyclic) bond motifs is 3. The van der Waals surface area contributed by atoms with Crippen molar-refractivity contribution in [2.24, 2.45) is 0 Å². The molecule has 0 saturated carbocycles. The Morgan fingerprint density at radius 1 is 0.947 bits per heavy atom. The van der Waals surface area contributed by atoms with Gasteiger partial charge in [-0.1, -0.05) is 36.4 Å². The maximum absolute atomic E-state index is 10.5. The molecule has 2 heteroatoms. The fourth-order valence-corrected chi connectivity index (χ4v) is 2.88. The van der Waals surface area contributed by atoms with Crippen LogP contribution in [0.1, 0.15) is 22.8 Å². The number of hydrogen-bond acceptors (Lipinski definition) is 1. The minimum atomic E-state index is -0.474. The molecule has 0 spiro atoms. The van der Waals surface area contributed by atoms with Gasteiger partial charge in [-0.05, 0) is 28.3 Å². The molecule has 2 aromatic carbocycles. The molecular weight excluding hydrogens is 234 g/mol. The monoisotopic (exact) mass is 254 g/mol. The van der Waals surface area contributed by atoms with Crippen molar-refractivity contribution in [3.8, 4) is 11.1 Å². The maximum Gasteiger partial charge on any atom is 0.105 e. The summed E-state index contributed by atoms with van der Waals surface area (Å²) in [5.41, 5.74) is 5.69. The molecule has 19 heavy (non-hydrogen) atoms. The van der Waals surface area contributed by atoms with Crippen molar-refractivity contribution in [3.63, 3.8) is 0 Å². The van der Waals surface area contributed by atoms with Crippen molar-refractivity contribution in [1.29, 1.82) is 0 Å². The molecule has 0 aromatic heterocycles. The molecule has 0 fully saturated rings. The van der Waals surface area contributed by atoms with Crippen LogP contribution >= 0.6 is 0 Å². The van der Waals surface area contributed by atoms with Gasteiger partial charge in [0, 0.05) is 5.56 Å². The van der Waals surface area contributed by atoms with Gasteiger partial charge in [-0.3, -0.25) is 0 Å². The van der Waals surface area contributed by atoms with Crippen molar-refractivity contribution < 1.29 is 9.59 Å². The van der Waals surface area contributed by atoms with Crippen molar-refractivity contribution in [2.45, 2.75) is 12.6 Å². The first-order valence-corrected chi connectivity index (χ1v) is 6.66. The fourth-order valence-electron chi connectivity index (χ4n) is 2.88. The predicted octanol–water partition coefficient (Wildman–Crippen LogP) is 2.95. The van der Waals surface area contributed by atoms with Gasteiger partial charge in [-0.25, -0.2) is 0 Å². The smallest absolute Gasteiger partial charge is 0.105 e. The van der Waals surface area contributed by atoms with E-state index < -0.39 is 6.10 Å². The van der Waals surface area contributed by atoms with Gasteiger partial charge in [0.25, 0.3) is 0 Å². The van der Waals surface area contributed by atoms with E-state index in [0.717, 1.165) is 22.2 Å². The highest BCUT2D eigenvalue weighted by atomic mass is 16.3. The highest BCUT2D eigenvalue weighted by molar-refractivity contribution is 5.78. The fraction of sp³-hybridized carbons (Fsp3) is 0.294. The Morgan fingerprint density at radius 3 is 2.37 bits per heavy atom. The van der Waals surface area contributed by atoms with Crippen LogP contribution in [0.2, 0.25) is 0 Å². The third kappa shape index (κ3) is 2.18. The molecule has 1 aliphatic rings. The number of rotatable bonds is 2. The van der Waals surface area contributed by atoms with Crippen LogP contribution in [0.25, 0.3) is 11.1 Å². The summed E-state index contributed by atoms with van der Waals surface area (Å²) < 4.78 is 0.891. The second-order valence-corrected chi connectivity index (χ2v) is 6.36. The van der Waals surface area contributed by atoms with E-state index >= 15 is 0 Å². The highest BCUT2D eigenvalue weighted by Crippen LogP contribution is 2.43. The molecule has 0 saturated heterocycles. The molecule has 1 aliphatic carbocycles. The molecule has 0 amide bonds. The summed E-state index contributed by atoms with van der Waals surface area (Å²) in [6.07, 6.45) is -0.474. The quantitative estimate of drug-likeness (QED) is 0.817. The Hall–Kier alpha value is -1.64. The summed E-state index contributed by atoms with van der Waals surface area (Å²) in [5, 5.41) is 10.5. The van der Waals surface area contributed by atoms with Crippen LogP contribution in [0.4, 0.5) is 0 Å². The molecule has 0 aliphatic heterocycles. The first-order chi connectivity index (χ1) is 8.96. The summed E-state index contributed by atoms with van der Waals surface area (Å²) in [6.45, 7) is 0.969. The van der Waals surface area contributed by atoms with Gasteiger partial charge in [0.05, 0.1) is 21.1 Å². The van der Waals surface area contributed by atoms with Crippen molar-refractivity contribution in [2.75, 3.05) is 21.1 Å². The third-order valence-electron chi connectivity index (χ3n) is 3.61. The van der Waals surface area contributed by atoms with Crippen LogP contribution in [-0.2, 0) is 6.54 Å². The zero-order chi connectivity index (χ0) is 13.6. The van der Waals surface area contributed by atoms with Crippen LogP contribution in [0, 0.1) is 0 Å². The first-order valence-electron chi connectivity index (χ1n) is 6.66. The lowest BCUT2D eigenvalue weighted by Crippen LogP contribution is -2.33. The Labute approximate surface area is 114 Å². The summed E-state index contributed by atoms with van der Waals surface area (Å²) in [6, 6.07) is 14.6. The van der Waals surface area contributed by atoms with E-state index in [1.165, 1.54) is 16.7 Å². The summed E-state index contributed by atoms with van der Waals surface area (Å²) in [4.78, 5) is 0. The van der Waals surface area contributed by atoms with E-state index in [1.54, 1.807) is 0 Å². The Morgan fingerprint density at radius 2 is 1.63 bits per heavy atom. The Balaban J connectivity index is 2.05. The molecule has 1 unspecified atom stereocenters. The second-order valence-electron chi connectivity index (χ2n) is 6.36. The number of quaternary nitrogens is 1. The molecule has 1 N–H and O–H groups in total.